The quantitative estimate of drug-likeness (QED) is 0.797. The van der Waals surface area contributed by atoms with Crippen LogP contribution in [0.25, 0.3) is 0 Å². The highest BCUT2D eigenvalue weighted by molar-refractivity contribution is 6.08. The minimum Gasteiger partial charge on any atom is -0.503 e. The SMILES string of the molecule is CC(=O)C1=C(O)C(=O)N(CCN2CCCC2)C1c1ccc(OC(C)C)cc1. The maximum atomic E-state index is 12.6. The second kappa shape index (κ2) is 8.13. The molecule has 0 aliphatic carbocycles. The number of benzene rings is 1. The topological polar surface area (TPSA) is 70.1 Å². The highest BCUT2D eigenvalue weighted by atomic mass is 16.5. The number of hydrogen-bond acceptors (Lipinski definition) is 5. The molecule has 0 radical (unpaired) electrons. The summed E-state index contributed by atoms with van der Waals surface area (Å²) in [6, 6.07) is 6.85. The van der Waals surface area contributed by atoms with Gasteiger partial charge in [-0.15, -0.1) is 0 Å². The van der Waals surface area contributed by atoms with E-state index in [1.165, 1.54) is 19.8 Å². The van der Waals surface area contributed by atoms with Crippen LogP contribution in [0.2, 0.25) is 0 Å². The van der Waals surface area contributed by atoms with Crippen molar-refractivity contribution in [2.24, 2.45) is 0 Å². The lowest BCUT2D eigenvalue weighted by atomic mass is 9.96. The zero-order chi connectivity index (χ0) is 19.6. The average molecular weight is 372 g/mol. The van der Waals surface area contributed by atoms with Gasteiger partial charge in [0, 0.05) is 13.1 Å². The Morgan fingerprint density at radius 2 is 1.81 bits per heavy atom. The fourth-order valence-corrected chi connectivity index (χ4v) is 3.85. The number of Topliss-reactive ketones (excluding diaryl/α,β-unsaturated/α-hetero) is 1. The van der Waals surface area contributed by atoms with E-state index in [-0.39, 0.29) is 17.5 Å². The van der Waals surface area contributed by atoms with Gasteiger partial charge in [0.2, 0.25) is 0 Å². The number of carbonyl (C=O) groups is 2. The van der Waals surface area contributed by atoms with Gasteiger partial charge in [-0.3, -0.25) is 9.59 Å². The van der Waals surface area contributed by atoms with E-state index in [9.17, 15) is 14.7 Å². The lowest BCUT2D eigenvalue weighted by molar-refractivity contribution is -0.129. The van der Waals surface area contributed by atoms with E-state index < -0.39 is 17.7 Å². The van der Waals surface area contributed by atoms with E-state index in [1.54, 1.807) is 4.90 Å². The lowest BCUT2D eigenvalue weighted by Crippen LogP contribution is -2.37. The van der Waals surface area contributed by atoms with Crippen molar-refractivity contribution in [2.75, 3.05) is 26.2 Å². The van der Waals surface area contributed by atoms with Crippen LogP contribution in [0.5, 0.6) is 5.75 Å². The number of amides is 1. The molecule has 0 bridgehead atoms. The van der Waals surface area contributed by atoms with Gasteiger partial charge < -0.3 is 19.6 Å². The average Bonchev–Trinajstić information content (AvgIpc) is 3.21. The molecular formula is C21H28N2O4. The molecule has 1 amide bonds. The van der Waals surface area contributed by atoms with Gasteiger partial charge in [0.1, 0.15) is 5.75 Å². The van der Waals surface area contributed by atoms with E-state index >= 15 is 0 Å². The van der Waals surface area contributed by atoms with Crippen LogP contribution in [0.4, 0.5) is 0 Å². The minimum atomic E-state index is -0.550. The van der Waals surface area contributed by atoms with Gasteiger partial charge in [0.25, 0.3) is 5.91 Å². The number of aliphatic hydroxyl groups is 1. The molecule has 1 fully saturated rings. The molecule has 2 heterocycles. The molecule has 1 aromatic rings. The molecule has 0 spiro atoms. The van der Waals surface area contributed by atoms with Crippen molar-refractivity contribution in [3.8, 4) is 5.75 Å². The molecule has 2 aliphatic heterocycles. The fraction of sp³-hybridized carbons (Fsp3) is 0.524. The Kier molecular flexibility index (Phi) is 5.85. The number of nitrogens with zero attached hydrogens (tertiary/aromatic N) is 2. The third-order valence-electron chi connectivity index (χ3n) is 5.11. The summed E-state index contributed by atoms with van der Waals surface area (Å²) < 4.78 is 5.67. The van der Waals surface area contributed by atoms with Crippen molar-refractivity contribution in [3.05, 3.63) is 41.2 Å². The Morgan fingerprint density at radius 3 is 2.37 bits per heavy atom. The second-order valence-electron chi connectivity index (χ2n) is 7.50. The van der Waals surface area contributed by atoms with Crippen LogP contribution >= 0.6 is 0 Å². The number of carbonyl (C=O) groups excluding carboxylic acids is 2. The molecule has 1 N–H and O–H groups in total. The van der Waals surface area contributed by atoms with Crippen LogP contribution in [0.1, 0.15) is 45.2 Å². The van der Waals surface area contributed by atoms with Crippen molar-refractivity contribution >= 4 is 11.7 Å². The summed E-state index contributed by atoms with van der Waals surface area (Å²) in [7, 11) is 0. The van der Waals surface area contributed by atoms with Gasteiger partial charge >= 0.3 is 0 Å². The summed E-state index contributed by atoms with van der Waals surface area (Å²) in [6.07, 6.45) is 2.42. The molecule has 1 atom stereocenters. The molecule has 6 heteroatoms. The standard InChI is InChI=1S/C21H28N2O4/c1-14(2)27-17-8-6-16(7-9-17)19-18(15(3)24)20(25)21(26)23(19)13-12-22-10-4-5-11-22/h6-9,14,19,25H,4-5,10-13H2,1-3H3. The van der Waals surface area contributed by atoms with Gasteiger partial charge in [-0.1, -0.05) is 12.1 Å². The number of rotatable bonds is 7. The van der Waals surface area contributed by atoms with Crippen molar-refractivity contribution in [1.82, 2.24) is 9.80 Å². The molecule has 146 valence electrons. The Hall–Kier alpha value is -2.34. The molecule has 1 aromatic carbocycles. The summed E-state index contributed by atoms with van der Waals surface area (Å²) >= 11 is 0. The van der Waals surface area contributed by atoms with Crippen LogP contribution in [0.3, 0.4) is 0 Å². The first kappa shape index (κ1) is 19.4. The third kappa shape index (κ3) is 4.16. The zero-order valence-corrected chi connectivity index (χ0v) is 16.3. The molecule has 0 saturated carbocycles. The monoisotopic (exact) mass is 372 g/mol. The molecule has 27 heavy (non-hydrogen) atoms. The van der Waals surface area contributed by atoms with Crippen LogP contribution < -0.4 is 4.74 Å². The van der Waals surface area contributed by atoms with Gasteiger partial charge in [0.15, 0.2) is 11.5 Å². The first-order valence-corrected chi connectivity index (χ1v) is 9.62. The van der Waals surface area contributed by atoms with E-state index in [4.69, 9.17) is 4.74 Å². The molecule has 2 aliphatic rings. The summed E-state index contributed by atoms with van der Waals surface area (Å²) in [5.41, 5.74) is 0.981. The minimum absolute atomic E-state index is 0.0672. The van der Waals surface area contributed by atoms with Crippen molar-refractivity contribution in [1.29, 1.82) is 0 Å². The first-order valence-electron chi connectivity index (χ1n) is 9.62. The van der Waals surface area contributed by atoms with Crippen LogP contribution in [-0.2, 0) is 9.59 Å². The highest BCUT2D eigenvalue weighted by Gasteiger charge is 2.42. The van der Waals surface area contributed by atoms with E-state index in [0.29, 0.717) is 6.54 Å². The maximum absolute atomic E-state index is 12.6. The Labute approximate surface area is 160 Å². The van der Waals surface area contributed by atoms with Gasteiger partial charge in [0.05, 0.1) is 17.7 Å². The van der Waals surface area contributed by atoms with E-state index in [1.807, 2.05) is 38.1 Å². The summed E-state index contributed by atoms with van der Waals surface area (Å²) in [5, 5.41) is 10.3. The largest absolute Gasteiger partial charge is 0.503 e. The van der Waals surface area contributed by atoms with Crippen molar-refractivity contribution < 1.29 is 19.4 Å². The maximum Gasteiger partial charge on any atom is 0.290 e. The molecule has 1 unspecified atom stereocenters. The van der Waals surface area contributed by atoms with E-state index in [2.05, 4.69) is 4.90 Å². The normalized spacial score (nSPS) is 20.8. The van der Waals surface area contributed by atoms with E-state index in [0.717, 1.165) is 30.9 Å². The number of ketones is 1. The van der Waals surface area contributed by atoms with Crippen molar-refractivity contribution in [2.45, 2.75) is 45.8 Å². The molecular weight excluding hydrogens is 344 g/mol. The molecule has 1 saturated heterocycles. The molecule has 0 aromatic heterocycles. The third-order valence-corrected chi connectivity index (χ3v) is 5.11. The van der Waals surface area contributed by atoms with Crippen molar-refractivity contribution in [3.63, 3.8) is 0 Å². The summed E-state index contributed by atoms with van der Waals surface area (Å²) in [4.78, 5) is 28.7. The first-order chi connectivity index (χ1) is 12.9. The van der Waals surface area contributed by atoms with Crippen LogP contribution in [0.15, 0.2) is 35.6 Å². The predicted octanol–water partition coefficient (Wildman–Crippen LogP) is 2.85. The predicted molar refractivity (Wildman–Crippen MR) is 103 cm³/mol. The Bertz CT molecular complexity index is 733. The number of likely N-dealkylation sites (tertiary alicyclic amines) is 1. The Balaban J connectivity index is 1.85. The lowest BCUT2D eigenvalue weighted by Gasteiger charge is -2.28. The zero-order valence-electron chi connectivity index (χ0n) is 16.3. The van der Waals surface area contributed by atoms with Gasteiger partial charge in [-0.05, 0) is 64.4 Å². The van der Waals surface area contributed by atoms with Crippen LogP contribution in [-0.4, -0.2) is 58.9 Å². The smallest absolute Gasteiger partial charge is 0.290 e. The number of ether oxygens (including phenoxy) is 1. The fourth-order valence-electron chi connectivity index (χ4n) is 3.85. The van der Waals surface area contributed by atoms with Gasteiger partial charge in [-0.2, -0.15) is 0 Å². The molecule has 3 rings (SSSR count). The number of hydrogen-bond donors (Lipinski definition) is 1. The highest BCUT2D eigenvalue weighted by Crippen LogP contribution is 2.38. The molecule has 6 nitrogen and oxygen atoms in total. The second-order valence-corrected chi connectivity index (χ2v) is 7.50. The van der Waals surface area contributed by atoms with Gasteiger partial charge in [-0.25, -0.2) is 0 Å². The summed E-state index contributed by atoms with van der Waals surface area (Å²) in [6.45, 7) is 8.60. The number of aliphatic hydroxyl groups excluding tert-OH is 1. The Morgan fingerprint density at radius 1 is 1.19 bits per heavy atom. The van der Waals surface area contributed by atoms with Crippen LogP contribution in [0, 0.1) is 0 Å². The summed E-state index contributed by atoms with van der Waals surface area (Å²) in [5.74, 6) is -0.431.